The van der Waals surface area contributed by atoms with Crippen LogP contribution in [0.15, 0.2) is 24.4 Å². The van der Waals surface area contributed by atoms with Crippen LogP contribution in [-0.2, 0) is 19.7 Å². The maximum Gasteiger partial charge on any atom is 0.410 e. The lowest BCUT2D eigenvalue weighted by Gasteiger charge is -2.40. The second-order valence-electron chi connectivity index (χ2n) is 7.16. The molecular formula is C17H22N2O4. The number of carbonyl (C=O) groups excluding carboxylic acids is 2. The highest BCUT2D eigenvalue weighted by atomic mass is 16.6. The van der Waals surface area contributed by atoms with E-state index in [-0.39, 0.29) is 18.0 Å². The molecule has 0 radical (unpaired) electrons. The van der Waals surface area contributed by atoms with E-state index in [1.54, 1.807) is 11.1 Å². The Labute approximate surface area is 135 Å². The molecule has 6 nitrogen and oxygen atoms in total. The first-order chi connectivity index (χ1) is 10.8. The number of hydrogen-bond donors (Lipinski definition) is 0. The zero-order valence-corrected chi connectivity index (χ0v) is 13.7. The molecule has 1 amide bonds. The minimum absolute atomic E-state index is 0.0915. The summed E-state index contributed by atoms with van der Waals surface area (Å²) in [5, 5.41) is 0. The number of carbonyl (C=O) groups is 2. The second kappa shape index (κ2) is 5.51. The minimum atomic E-state index is -0.736. The Bertz CT molecular complexity index is 611. The molecule has 124 valence electrons. The van der Waals surface area contributed by atoms with Crippen molar-refractivity contribution in [1.29, 1.82) is 0 Å². The third-order valence-corrected chi connectivity index (χ3v) is 4.47. The molecule has 23 heavy (non-hydrogen) atoms. The third kappa shape index (κ3) is 2.78. The Hall–Kier alpha value is -2.11. The van der Waals surface area contributed by atoms with Crippen LogP contribution in [0.3, 0.4) is 0 Å². The number of rotatable bonds is 1. The van der Waals surface area contributed by atoms with Crippen molar-refractivity contribution in [3.05, 3.63) is 30.1 Å². The minimum Gasteiger partial charge on any atom is -0.465 e. The van der Waals surface area contributed by atoms with Gasteiger partial charge in [0, 0.05) is 25.2 Å². The highest BCUT2D eigenvalue weighted by Crippen LogP contribution is 2.44. The molecule has 2 aliphatic heterocycles. The van der Waals surface area contributed by atoms with Gasteiger partial charge in [0.25, 0.3) is 0 Å². The molecule has 2 atom stereocenters. The van der Waals surface area contributed by atoms with Crippen LogP contribution in [0, 0.1) is 5.92 Å². The summed E-state index contributed by atoms with van der Waals surface area (Å²) in [7, 11) is 0. The predicted octanol–water partition coefficient (Wildman–Crippen LogP) is 2.13. The average molecular weight is 318 g/mol. The fourth-order valence-electron chi connectivity index (χ4n) is 3.36. The molecule has 2 saturated heterocycles. The van der Waals surface area contributed by atoms with Gasteiger partial charge in [-0.2, -0.15) is 0 Å². The highest BCUT2D eigenvalue weighted by molar-refractivity contribution is 5.85. The summed E-state index contributed by atoms with van der Waals surface area (Å²) >= 11 is 0. The zero-order valence-electron chi connectivity index (χ0n) is 13.7. The van der Waals surface area contributed by atoms with Gasteiger partial charge in [-0.3, -0.25) is 9.78 Å². The van der Waals surface area contributed by atoms with Gasteiger partial charge >= 0.3 is 12.1 Å². The standard InChI is InChI=1S/C17H22N2O4/c1-16(2,3)23-15(21)19-9-7-17(13-6-4-5-8-18-13)12(10-19)11-22-14(17)20/h4-6,8,12H,7,9-11H2,1-3H3. The van der Waals surface area contributed by atoms with Crippen LogP contribution in [0.25, 0.3) is 0 Å². The van der Waals surface area contributed by atoms with Crippen LogP contribution in [0.4, 0.5) is 4.79 Å². The van der Waals surface area contributed by atoms with Gasteiger partial charge in [-0.25, -0.2) is 4.79 Å². The zero-order chi connectivity index (χ0) is 16.7. The number of fused-ring (bicyclic) bond motifs is 1. The fourth-order valence-corrected chi connectivity index (χ4v) is 3.36. The molecule has 0 aromatic carbocycles. The smallest absolute Gasteiger partial charge is 0.410 e. The van der Waals surface area contributed by atoms with Crippen molar-refractivity contribution >= 4 is 12.1 Å². The first-order valence-electron chi connectivity index (χ1n) is 7.89. The van der Waals surface area contributed by atoms with E-state index in [9.17, 15) is 9.59 Å². The van der Waals surface area contributed by atoms with Crippen molar-refractivity contribution in [3.63, 3.8) is 0 Å². The maximum absolute atomic E-state index is 12.4. The van der Waals surface area contributed by atoms with Gasteiger partial charge in [0.1, 0.15) is 11.0 Å². The van der Waals surface area contributed by atoms with Crippen molar-refractivity contribution in [2.24, 2.45) is 5.92 Å². The van der Waals surface area contributed by atoms with Crippen LogP contribution in [0.2, 0.25) is 0 Å². The first kappa shape index (κ1) is 15.8. The van der Waals surface area contributed by atoms with Crippen LogP contribution < -0.4 is 0 Å². The summed E-state index contributed by atoms with van der Waals surface area (Å²) in [6.07, 6.45) is 1.85. The lowest BCUT2D eigenvalue weighted by molar-refractivity contribution is -0.143. The van der Waals surface area contributed by atoms with E-state index in [0.29, 0.717) is 26.1 Å². The molecule has 3 heterocycles. The maximum atomic E-state index is 12.4. The summed E-state index contributed by atoms with van der Waals surface area (Å²) in [5.74, 6) is -0.323. The fraction of sp³-hybridized carbons (Fsp3) is 0.588. The number of nitrogens with zero attached hydrogens (tertiary/aromatic N) is 2. The number of esters is 1. The molecule has 1 aromatic rings. The van der Waals surface area contributed by atoms with Crippen LogP contribution in [-0.4, -0.2) is 47.2 Å². The monoisotopic (exact) mass is 318 g/mol. The molecule has 0 N–H and O–H groups in total. The quantitative estimate of drug-likeness (QED) is 0.742. The summed E-state index contributed by atoms with van der Waals surface area (Å²) in [5.41, 5.74) is -0.537. The number of amides is 1. The summed E-state index contributed by atoms with van der Waals surface area (Å²) in [6, 6.07) is 5.56. The van der Waals surface area contributed by atoms with E-state index in [1.807, 2.05) is 39.0 Å². The van der Waals surface area contributed by atoms with Crippen molar-refractivity contribution in [2.45, 2.75) is 38.2 Å². The van der Waals surface area contributed by atoms with Gasteiger partial charge in [0.2, 0.25) is 0 Å². The number of cyclic esters (lactones) is 1. The normalized spacial score (nSPS) is 27.3. The Kier molecular flexibility index (Phi) is 3.78. The highest BCUT2D eigenvalue weighted by Gasteiger charge is 2.57. The van der Waals surface area contributed by atoms with E-state index in [1.165, 1.54) is 0 Å². The van der Waals surface area contributed by atoms with E-state index in [2.05, 4.69) is 4.98 Å². The number of hydrogen-bond acceptors (Lipinski definition) is 5. The van der Waals surface area contributed by atoms with Crippen molar-refractivity contribution in [2.75, 3.05) is 19.7 Å². The molecule has 2 fully saturated rings. The number of piperidine rings is 1. The number of likely N-dealkylation sites (tertiary alicyclic amines) is 1. The van der Waals surface area contributed by atoms with E-state index in [0.717, 1.165) is 5.69 Å². The first-order valence-corrected chi connectivity index (χ1v) is 7.89. The molecule has 0 aliphatic carbocycles. The van der Waals surface area contributed by atoms with Gasteiger partial charge in [0.15, 0.2) is 0 Å². The molecule has 2 aliphatic rings. The van der Waals surface area contributed by atoms with Crippen molar-refractivity contribution in [1.82, 2.24) is 9.88 Å². The van der Waals surface area contributed by atoms with Gasteiger partial charge in [0.05, 0.1) is 12.3 Å². The van der Waals surface area contributed by atoms with Gasteiger partial charge in [-0.05, 0) is 39.3 Å². The van der Waals surface area contributed by atoms with E-state index < -0.39 is 11.0 Å². The van der Waals surface area contributed by atoms with Crippen LogP contribution in [0.1, 0.15) is 32.9 Å². The Morgan fingerprint density at radius 1 is 1.43 bits per heavy atom. The van der Waals surface area contributed by atoms with Crippen molar-refractivity contribution in [3.8, 4) is 0 Å². The lowest BCUT2D eigenvalue weighted by Crippen LogP contribution is -2.53. The molecule has 1 aromatic heterocycles. The number of ether oxygens (including phenoxy) is 2. The molecule has 3 rings (SSSR count). The molecule has 2 unspecified atom stereocenters. The summed E-state index contributed by atoms with van der Waals surface area (Å²) in [6.45, 7) is 6.74. The van der Waals surface area contributed by atoms with Crippen LogP contribution in [0.5, 0.6) is 0 Å². The second-order valence-corrected chi connectivity index (χ2v) is 7.16. The van der Waals surface area contributed by atoms with Gasteiger partial charge < -0.3 is 14.4 Å². The van der Waals surface area contributed by atoms with Gasteiger partial charge in [-0.15, -0.1) is 0 Å². The third-order valence-electron chi connectivity index (χ3n) is 4.47. The number of aromatic nitrogens is 1. The lowest BCUT2D eigenvalue weighted by atomic mass is 9.69. The van der Waals surface area contributed by atoms with E-state index >= 15 is 0 Å². The Morgan fingerprint density at radius 3 is 2.87 bits per heavy atom. The topological polar surface area (TPSA) is 68.7 Å². The Morgan fingerprint density at radius 2 is 2.22 bits per heavy atom. The Balaban J connectivity index is 1.82. The molecule has 0 bridgehead atoms. The molecule has 0 spiro atoms. The molecule has 6 heteroatoms. The van der Waals surface area contributed by atoms with E-state index in [4.69, 9.17) is 9.47 Å². The number of pyridine rings is 1. The van der Waals surface area contributed by atoms with Crippen molar-refractivity contribution < 1.29 is 19.1 Å². The SMILES string of the molecule is CC(C)(C)OC(=O)N1CCC2(c3ccccn3)C(=O)OCC2C1. The predicted molar refractivity (Wildman–Crippen MR) is 82.8 cm³/mol. The van der Waals surface area contributed by atoms with Gasteiger partial charge in [-0.1, -0.05) is 6.07 Å². The average Bonchev–Trinajstić information content (AvgIpc) is 2.84. The molecule has 0 saturated carbocycles. The summed E-state index contributed by atoms with van der Waals surface area (Å²) in [4.78, 5) is 30.8. The molecular weight excluding hydrogens is 296 g/mol. The van der Waals surface area contributed by atoms with Crippen LogP contribution >= 0.6 is 0 Å². The largest absolute Gasteiger partial charge is 0.465 e. The summed E-state index contributed by atoms with van der Waals surface area (Å²) < 4.78 is 10.8.